The summed E-state index contributed by atoms with van der Waals surface area (Å²) in [5.74, 6) is -1.54. The maximum atomic E-state index is 13.2. The highest BCUT2D eigenvalue weighted by Gasteiger charge is 2.47. The lowest BCUT2D eigenvalue weighted by atomic mass is 10.1. The number of nitrogens with zero attached hydrogens (tertiary/aromatic N) is 2. The van der Waals surface area contributed by atoms with Gasteiger partial charge in [0.1, 0.15) is 6.54 Å². The minimum atomic E-state index is -3.54. The van der Waals surface area contributed by atoms with Gasteiger partial charge in [0, 0.05) is 13.6 Å². The number of aromatic hydroxyl groups is 1. The minimum absolute atomic E-state index is 0.0608. The zero-order valence-corrected chi connectivity index (χ0v) is 16.5. The topological polar surface area (TPSA) is 107 Å². The van der Waals surface area contributed by atoms with Crippen LogP contribution >= 0.6 is 0 Å². The minimum Gasteiger partial charge on any atom is -0.505 e. The molecule has 154 valence electrons. The van der Waals surface area contributed by atoms with Crippen molar-refractivity contribution in [3.8, 4) is 5.75 Å². The summed E-state index contributed by atoms with van der Waals surface area (Å²) in [5.41, 5.74) is -0.215. The molecule has 2 fully saturated rings. The Labute approximate surface area is 163 Å². The van der Waals surface area contributed by atoms with Gasteiger partial charge in [0.2, 0.25) is 15.9 Å². The molecule has 3 rings (SSSR count). The van der Waals surface area contributed by atoms with Crippen molar-refractivity contribution in [1.29, 1.82) is 0 Å². The molecule has 1 aromatic carbocycles. The number of hydrogen-bond donors (Lipinski definition) is 2. The fraction of sp³-hybridized carbons (Fsp3) is 0.556. The number of halogens is 1. The highest BCUT2D eigenvalue weighted by Crippen LogP contribution is 2.47. The number of sulfonamides is 1. The van der Waals surface area contributed by atoms with E-state index in [-0.39, 0.29) is 24.2 Å². The summed E-state index contributed by atoms with van der Waals surface area (Å²) in [6.45, 7) is 0.489. The van der Waals surface area contributed by atoms with Crippen LogP contribution in [-0.4, -0.2) is 61.2 Å². The molecule has 0 radical (unpaired) electrons. The van der Waals surface area contributed by atoms with Gasteiger partial charge in [-0.05, 0) is 43.4 Å². The van der Waals surface area contributed by atoms with Gasteiger partial charge in [-0.2, -0.15) is 0 Å². The van der Waals surface area contributed by atoms with Crippen LogP contribution in [0.3, 0.4) is 0 Å². The van der Waals surface area contributed by atoms with Gasteiger partial charge in [0.25, 0.3) is 0 Å². The molecule has 0 spiro atoms. The van der Waals surface area contributed by atoms with Crippen LogP contribution in [0.5, 0.6) is 5.75 Å². The average Bonchev–Trinajstić information content (AvgIpc) is 3.36. The lowest BCUT2D eigenvalue weighted by Gasteiger charge is -2.18. The van der Waals surface area contributed by atoms with Crippen LogP contribution in [-0.2, 0) is 20.4 Å². The van der Waals surface area contributed by atoms with E-state index in [2.05, 4.69) is 4.72 Å². The third-order valence-electron chi connectivity index (χ3n) is 5.20. The summed E-state index contributed by atoms with van der Waals surface area (Å²) in [6.07, 6.45) is 2.82. The molecule has 1 heterocycles. The van der Waals surface area contributed by atoms with Gasteiger partial charge in [0.15, 0.2) is 11.6 Å². The van der Waals surface area contributed by atoms with Crippen LogP contribution < -0.4 is 4.72 Å². The van der Waals surface area contributed by atoms with Crippen LogP contribution in [0.2, 0.25) is 0 Å². The lowest BCUT2D eigenvalue weighted by molar-refractivity contribution is -0.124. The molecule has 2 aliphatic rings. The molecule has 0 unspecified atom stereocenters. The molecule has 0 aromatic heterocycles. The van der Waals surface area contributed by atoms with E-state index in [4.69, 9.17) is 0 Å². The Morgan fingerprint density at radius 3 is 2.50 bits per heavy atom. The number of amides is 3. The van der Waals surface area contributed by atoms with E-state index in [1.54, 1.807) is 0 Å². The Morgan fingerprint density at radius 1 is 1.21 bits per heavy atom. The molecular weight excluding hydrogens is 389 g/mol. The number of imide groups is 1. The number of benzene rings is 1. The molecule has 2 N–H and O–H groups in total. The molecular formula is C18H24FN3O5S. The van der Waals surface area contributed by atoms with Crippen molar-refractivity contribution < 1.29 is 27.5 Å². The van der Waals surface area contributed by atoms with Gasteiger partial charge >= 0.3 is 6.03 Å². The summed E-state index contributed by atoms with van der Waals surface area (Å²) in [7, 11) is -2.10. The third-order valence-corrected chi connectivity index (χ3v) is 6.73. The van der Waals surface area contributed by atoms with Crippen LogP contribution in [0.25, 0.3) is 0 Å². The number of unbranched alkanes of at least 4 members (excludes halogenated alkanes) is 2. The number of urea groups is 1. The van der Waals surface area contributed by atoms with Crippen LogP contribution in [0, 0.1) is 5.82 Å². The molecule has 0 atom stereocenters. The van der Waals surface area contributed by atoms with Crippen LogP contribution in [0.1, 0.15) is 37.7 Å². The van der Waals surface area contributed by atoms with E-state index in [1.807, 2.05) is 0 Å². The first-order chi connectivity index (χ1) is 13.1. The van der Waals surface area contributed by atoms with Crippen LogP contribution in [0.15, 0.2) is 18.2 Å². The average molecular weight is 413 g/mol. The first-order valence-corrected chi connectivity index (χ1v) is 10.8. The summed E-state index contributed by atoms with van der Waals surface area (Å²) in [5, 5.41) is 9.53. The predicted molar refractivity (Wildman–Crippen MR) is 99.5 cm³/mol. The predicted octanol–water partition coefficient (Wildman–Crippen LogP) is 1.50. The highest BCUT2D eigenvalue weighted by molar-refractivity contribution is 7.89. The maximum absolute atomic E-state index is 13.2. The van der Waals surface area contributed by atoms with Crippen LogP contribution in [0.4, 0.5) is 9.18 Å². The Balaban J connectivity index is 1.45. The van der Waals surface area contributed by atoms with Gasteiger partial charge in [-0.15, -0.1) is 0 Å². The number of hydrogen-bond acceptors (Lipinski definition) is 5. The Hall–Kier alpha value is -2.20. The van der Waals surface area contributed by atoms with Crippen molar-refractivity contribution in [1.82, 2.24) is 14.5 Å². The molecule has 0 bridgehead atoms. The fourth-order valence-electron chi connectivity index (χ4n) is 3.34. The van der Waals surface area contributed by atoms with E-state index in [0.29, 0.717) is 44.2 Å². The van der Waals surface area contributed by atoms with E-state index >= 15 is 0 Å². The van der Waals surface area contributed by atoms with Gasteiger partial charge in [-0.25, -0.2) is 22.3 Å². The molecule has 8 nitrogen and oxygen atoms in total. The SMILES string of the molecule is CN1C(=O)CN(CCCCCS(=O)(=O)NC2(c3ccc(F)c(O)c3)CC2)C1=O. The number of carbonyl (C=O) groups excluding carboxylic acids is 2. The van der Waals surface area contributed by atoms with Gasteiger partial charge < -0.3 is 10.0 Å². The second-order valence-corrected chi connectivity index (χ2v) is 9.23. The fourth-order valence-corrected chi connectivity index (χ4v) is 4.94. The molecule has 1 saturated heterocycles. The van der Waals surface area contributed by atoms with E-state index in [0.717, 1.165) is 11.0 Å². The monoisotopic (exact) mass is 413 g/mol. The number of likely N-dealkylation sites (N-methyl/N-ethyl adjacent to an activating group) is 1. The standard InChI is InChI=1S/C18H24FN3O5S/c1-21-16(24)12-22(17(21)25)9-3-2-4-10-28(26,27)20-18(7-8-18)13-5-6-14(19)15(23)11-13/h5-6,11,20,23H,2-4,7-10,12H2,1H3. The summed E-state index contributed by atoms with van der Waals surface area (Å²) in [6, 6.07) is 3.55. The molecule has 1 aliphatic carbocycles. The number of nitrogens with one attached hydrogen (secondary N) is 1. The number of rotatable bonds is 9. The number of carbonyl (C=O) groups is 2. The highest BCUT2D eigenvalue weighted by atomic mass is 32.2. The Kier molecular flexibility index (Phi) is 5.62. The summed E-state index contributed by atoms with van der Waals surface area (Å²) < 4.78 is 40.7. The lowest BCUT2D eigenvalue weighted by Crippen LogP contribution is -2.36. The van der Waals surface area contributed by atoms with Crippen molar-refractivity contribution in [2.24, 2.45) is 0 Å². The maximum Gasteiger partial charge on any atom is 0.326 e. The second kappa shape index (κ2) is 7.67. The van der Waals surface area contributed by atoms with Crippen molar-refractivity contribution in [3.63, 3.8) is 0 Å². The largest absolute Gasteiger partial charge is 0.505 e. The second-order valence-electron chi connectivity index (χ2n) is 7.39. The van der Waals surface area contributed by atoms with Crippen molar-refractivity contribution in [3.05, 3.63) is 29.6 Å². The molecule has 1 aromatic rings. The summed E-state index contributed by atoms with van der Waals surface area (Å²) in [4.78, 5) is 25.7. The van der Waals surface area contributed by atoms with Crippen molar-refractivity contribution in [2.75, 3.05) is 25.9 Å². The quantitative estimate of drug-likeness (QED) is 0.471. The Bertz CT molecular complexity index is 885. The van der Waals surface area contributed by atoms with Crippen molar-refractivity contribution in [2.45, 2.75) is 37.6 Å². The van der Waals surface area contributed by atoms with E-state index < -0.39 is 27.1 Å². The first-order valence-electron chi connectivity index (χ1n) is 9.20. The number of phenols is 1. The molecule has 1 aliphatic heterocycles. The third kappa shape index (κ3) is 4.44. The Morgan fingerprint density at radius 2 is 1.93 bits per heavy atom. The number of phenolic OH excluding ortho intramolecular Hbond substituents is 1. The molecule has 10 heteroatoms. The zero-order chi connectivity index (χ0) is 20.5. The van der Waals surface area contributed by atoms with Gasteiger partial charge in [0.05, 0.1) is 11.3 Å². The smallest absolute Gasteiger partial charge is 0.326 e. The van der Waals surface area contributed by atoms with E-state index in [9.17, 15) is 27.5 Å². The molecule has 28 heavy (non-hydrogen) atoms. The molecule has 1 saturated carbocycles. The van der Waals surface area contributed by atoms with Gasteiger partial charge in [-0.1, -0.05) is 12.5 Å². The first kappa shape index (κ1) is 20.5. The summed E-state index contributed by atoms with van der Waals surface area (Å²) >= 11 is 0. The van der Waals surface area contributed by atoms with Gasteiger partial charge in [-0.3, -0.25) is 9.69 Å². The van der Waals surface area contributed by atoms with Crippen molar-refractivity contribution >= 4 is 22.0 Å². The normalized spacial score (nSPS) is 18.8. The molecule has 3 amide bonds. The zero-order valence-electron chi connectivity index (χ0n) is 15.6. The van der Waals surface area contributed by atoms with E-state index in [1.165, 1.54) is 24.1 Å².